The van der Waals surface area contributed by atoms with Gasteiger partial charge in [-0.1, -0.05) is 41.9 Å². The lowest BCUT2D eigenvalue weighted by Gasteiger charge is -2.30. The van der Waals surface area contributed by atoms with Gasteiger partial charge in [-0.3, -0.25) is 0 Å². The van der Waals surface area contributed by atoms with Crippen LogP contribution in [0.15, 0.2) is 48.5 Å². The lowest BCUT2D eigenvalue weighted by molar-refractivity contribution is 0.0414. The van der Waals surface area contributed by atoms with Gasteiger partial charge in [-0.05, 0) is 38.5 Å². The number of amides is 1. The fraction of sp³-hybridized carbons (Fsp3) is 0.286. The average Bonchev–Trinajstić information content (AvgIpc) is 3.22. The van der Waals surface area contributed by atoms with E-state index in [9.17, 15) is 14.7 Å². The summed E-state index contributed by atoms with van der Waals surface area (Å²) in [5.41, 5.74) is -2.10. The van der Waals surface area contributed by atoms with E-state index in [-0.39, 0.29) is 35.6 Å². The number of hydrogen-bond donors (Lipinski definition) is 2. The van der Waals surface area contributed by atoms with Crippen molar-refractivity contribution in [3.8, 4) is 22.6 Å². The summed E-state index contributed by atoms with van der Waals surface area (Å²) in [7, 11) is 1.23. The number of alkyl carbamates (subject to hydrolysis) is 1. The van der Waals surface area contributed by atoms with Crippen molar-refractivity contribution in [3.05, 3.63) is 81.9 Å². The molecule has 38 heavy (non-hydrogen) atoms. The first-order chi connectivity index (χ1) is 17.9. The van der Waals surface area contributed by atoms with Gasteiger partial charge >= 0.3 is 12.1 Å². The van der Waals surface area contributed by atoms with Crippen molar-refractivity contribution in [1.82, 2.24) is 5.32 Å². The van der Waals surface area contributed by atoms with Crippen molar-refractivity contribution in [2.75, 3.05) is 13.7 Å². The molecule has 2 N–H and O–H groups in total. The van der Waals surface area contributed by atoms with Gasteiger partial charge in [0.1, 0.15) is 17.2 Å². The highest BCUT2D eigenvalue weighted by Crippen LogP contribution is 2.50. The van der Waals surface area contributed by atoms with Gasteiger partial charge in [-0.15, -0.1) is 0 Å². The Bertz CT molecular complexity index is 1410. The fourth-order valence-electron chi connectivity index (χ4n) is 4.47. The number of fused-ring (bicyclic) bond motifs is 1. The molecule has 0 saturated carbocycles. The molecule has 4 rings (SSSR count). The van der Waals surface area contributed by atoms with Crippen molar-refractivity contribution < 1.29 is 37.7 Å². The second-order valence-electron chi connectivity index (χ2n) is 9.83. The van der Waals surface area contributed by atoms with Gasteiger partial charge in [0.05, 0.1) is 24.2 Å². The third kappa shape index (κ3) is 5.11. The second kappa shape index (κ2) is 10.1. The zero-order valence-corrected chi connectivity index (χ0v) is 21.9. The summed E-state index contributed by atoms with van der Waals surface area (Å²) in [5.74, 6) is -3.57. The summed E-state index contributed by atoms with van der Waals surface area (Å²) in [6.07, 6.45) is -0.684. The molecule has 0 unspecified atom stereocenters. The average molecular weight is 546 g/mol. The molecule has 0 bridgehead atoms. The van der Waals surface area contributed by atoms with Gasteiger partial charge in [0.2, 0.25) is 0 Å². The van der Waals surface area contributed by atoms with E-state index in [1.54, 1.807) is 51.1 Å². The van der Waals surface area contributed by atoms with Crippen molar-refractivity contribution >= 4 is 23.7 Å². The number of aromatic carboxylic acids is 1. The molecule has 7 nitrogen and oxygen atoms in total. The minimum Gasteiger partial charge on any atom is -0.494 e. The van der Waals surface area contributed by atoms with E-state index in [2.05, 4.69) is 5.32 Å². The fourth-order valence-corrected chi connectivity index (χ4v) is 4.73. The molecule has 1 aliphatic heterocycles. The van der Waals surface area contributed by atoms with Crippen LogP contribution in [0.5, 0.6) is 11.5 Å². The van der Waals surface area contributed by atoms with E-state index in [0.29, 0.717) is 5.56 Å². The first-order valence-corrected chi connectivity index (χ1v) is 12.1. The van der Waals surface area contributed by atoms with Gasteiger partial charge in [0.15, 0.2) is 17.2 Å². The Labute approximate surface area is 223 Å². The zero-order valence-electron chi connectivity index (χ0n) is 21.2. The number of carboxylic acids is 1. The number of carboxylic acid groups (broad SMARTS) is 1. The number of rotatable bonds is 6. The molecule has 0 spiro atoms. The Morgan fingerprint density at radius 1 is 1.13 bits per heavy atom. The minimum absolute atomic E-state index is 0.00713. The maximum absolute atomic E-state index is 15.6. The van der Waals surface area contributed by atoms with Crippen LogP contribution in [0.4, 0.5) is 13.6 Å². The van der Waals surface area contributed by atoms with Gasteiger partial charge in [-0.2, -0.15) is 0 Å². The van der Waals surface area contributed by atoms with E-state index >= 15 is 8.78 Å². The summed E-state index contributed by atoms with van der Waals surface area (Å²) >= 11 is 6.37. The van der Waals surface area contributed by atoms with Crippen LogP contribution in [0.3, 0.4) is 0 Å². The van der Waals surface area contributed by atoms with Crippen molar-refractivity contribution in [2.24, 2.45) is 0 Å². The Morgan fingerprint density at radius 2 is 1.82 bits per heavy atom. The quantitative estimate of drug-likeness (QED) is 0.375. The van der Waals surface area contributed by atoms with Crippen LogP contribution in [0, 0.1) is 11.6 Å². The Morgan fingerprint density at radius 3 is 2.42 bits per heavy atom. The normalized spacial score (nSPS) is 16.4. The smallest absolute Gasteiger partial charge is 0.407 e. The maximum atomic E-state index is 15.6. The SMILES string of the molecule is COc1ccc(C(=O)O)c(-c2c(Cl)c(F)cc3c2C[C@@](CNC(=O)OC(C)(C)C)(c2ccccc2)O3)c1F. The maximum Gasteiger partial charge on any atom is 0.407 e. The molecular weight excluding hydrogens is 520 g/mol. The summed E-state index contributed by atoms with van der Waals surface area (Å²) in [4.78, 5) is 24.5. The Kier molecular flexibility index (Phi) is 7.25. The number of methoxy groups -OCH3 is 1. The second-order valence-corrected chi connectivity index (χ2v) is 10.2. The molecule has 1 atom stereocenters. The lowest BCUT2D eigenvalue weighted by atomic mass is 9.85. The van der Waals surface area contributed by atoms with E-state index < -0.39 is 51.0 Å². The first-order valence-electron chi connectivity index (χ1n) is 11.7. The van der Waals surface area contributed by atoms with Crippen LogP contribution in [-0.4, -0.2) is 36.4 Å². The predicted molar refractivity (Wildman–Crippen MR) is 137 cm³/mol. The van der Waals surface area contributed by atoms with Crippen molar-refractivity contribution in [1.29, 1.82) is 0 Å². The molecular formula is C28H26ClF2NO6. The van der Waals surface area contributed by atoms with Crippen LogP contribution >= 0.6 is 11.6 Å². The van der Waals surface area contributed by atoms with E-state index in [1.165, 1.54) is 13.2 Å². The minimum atomic E-state index is -1.43. The van der Waals surface area contributed by atoms with E-state index in [0.717, 1.165) is 12.1 Å². The Hall–Kier alpha value is -3.85. The predicted octanol–water partition coefficient (Wildman–Crippen LogP) is 6.35. The standard InChI is InChI=1S/C28H26ClF2NO6/c1-27(2,3)38-26(35)32-14-28(15-8-6-5-7-9-15)13-17-20(37-28)12-18(30)23(29)21(17)22-16(25(33)34)10-11-19(36-4)24(22)31/h5-12H,13-14H2,1-4H3,(H,32,35)(H,33,34)/t28-/m1/s1. The molecule has 0 fully saturated rings. The number of ether oxygens (including phenoxy) is 3. The summed E-state index contributed by atoms with van der Waals surface area (Å²) < 4.78 is 47.4. The van der Waals surface area contributed by atoms with E-state index in [4.69, 9.17) is 25.8 Å². The number of carbonyl (C=O) groups excluding carboxylic acids is 1. The number of carbonyl (C=O) groups is 2. The van der Waals surface area contributed by atoms with Crippen LogP contribution in [0.2, 0.25) is 5.02 Å². The molecule has 1 amide bonds. The molecule has 0 aliphatic carbocycles. The molecule has 1 aliphatic rings. The first kappa shape index (κ1) is 27.2. The molecule has 3 aromatic rings. The lowest BCUT2D eigenvalue weighted by Crippen LogP contribution is -2.45. The molecule has 1 heterocycles. The number of benzene rings is 3. The topological polar surface area (TPSA) is 94.1 Å². The van der Waals surface area contributed by atoms with Gasteiger partial charge in [0, 0.05) is 29.2 Å². The van der Waals surface area contributed by atoms with Gasteiger partial charge in [-0.25, -0.2) is 18.4 Å². The summed E-state index contributed by atoms with van der Waals surface area (Å²) in [5, 5.41) is 12.0. The van der Waals surface area contributed by atoms with Crippen LogP contribution < -0.4 is 14.8 Å². The summed E-state index contributed by atoms with van der Waals surface area (Å²) in [6, 6.07) is 12.3. The van der Waals surface area contributed by atoms with Crippen LogP contribution in [-0.2, 0) is 16.8 Å². The van der Waals surface area contributed by atoms with Crippen LogP contribution in [0.25, 0.3) is 11.1 Å². The van der Waals surface area contributed by atoms with Gasteiger partial charge < -0.3 is 24.6 Å². The van der Waals surface area contributed by atoms with Crippen molar-refractivity contribution in [2.45, 2.75) is 38.4 Å². The third-order valence-electron chi connectivity index (χ3n) is 6.08. The molecule has 0 saturated heterocycles. The number of hydrogen-bond acceptors (Lipinski definition) is 5. The highest BCUT2D eigenvalue weighted by molar-refractivity contribution is 6.34. The molecule has 0 aromatic heterocycles. The molecule has 3 aromatic carbocycles. The number of nitrogens with one attached hydrogen (secondary N) is 1. The van der Waals surface area contributed by atoms with E-state index in [1.807, 2.05) is 0 Å². The highest BCUT2D eigenvalue weighted by atomic mass is 35.5. The monoisotopic (exact) mass is 545 g/mol. The Balaban J connectivity index is 1.88. The van der Waals surface area contributed by atoms with Gasteiger partial charge in [0.25, 0.3) is 0 Å². The molecule has 10 heteroatoms. The highest BCUT2D eigenvalue weighted by Gasteiger charge is 2.44. The third-order valence-corrected chi connectivity index (χ3v) is 6.45. The number of halogens is 3. The molecule has 200 valence electrons. The molecule has 0 radical (unpaired) electrons. The van der Waals surface area contributed by atoms with Crippen LogP contribution in [0.1, 0.15) is 42.3 Å². The summed E-state index contributed by atoms with van der Waals surface area (Å²) in [6.45, 7) is 5.08. The largest absolute Gasteiger partial charge is 0.494 e. The zero-order chi connectivity index (χ0) is 27.8. The van der Waals surface area contributed by atoms with Crippen molar-refractivity contribution in [3.63, 3.8) is 0 Å².